The van der Waals surface area contributed by atoms with E-state index in [9.17, 15) is 4.79 Å². The van der Waals surface area contributed by atoms with Crippen molar-refractivity contribution in [2.75, 3.05) is 37.8 Å². The Labute approximate surface area is 145 Å². The lowest BCUT2D eigenvalue weighted by atomic mass is 10.2. The van der Waals surface area contributed by atoms with Crippen molar-refractivity contribution >= 4 is 40.6 Å². The maximum absolute atomic E-state index is 12.1. The van der Waals surface area contributed by atoms with Gasteiger partial charge in [0.25, 0.3) is 5.91 Å². The Balaban J connectivity index is 1.94. The number of aromatic nitrogens is 1. The van der Waals surface area contributed by atoms with E-state index in [-0.39, 0.29) is 5.91 Å². The molecule has 122 valence electrons. The average molecular weight is 353 g/mol. The first-order chi connectivity index (χ1) is 11.0. The minimum atomic E-state index is -0.265. The molecule has 5 nitrogen and oxygen atoms in total. The highest BCUT2D eigenvalue weighted by Crippen LogP contribution is 2.23. The van der Waals surface area contributed by atoms with Gasteiger partial charge in [0.15, 0.2) is 0 Å². The zero-order chi connectivity index (χ0) is 16.8. The molecule has 0 fully saturated rings. The number of carbonyl (C=O) groups is 1. The lowest BCUT2D eigenvalue weighted by Gasteiger charge is -2.11. The Morgan fingerprint density at radius 3 is 2.57 bits per heavy atom. The Hall–Kier alpha value is -1.82. The van der Waals surface area contributed by atoms with Crippen LogP contribution in [0.25, 0.3) is 0 Å². The van der Waals surface area contributed by atoms with Crippen molar-refractivity contribution in [3.05, 3.63) is 52.1 Å². The molecule has 0 atom stereocenters. The zero-order valence-corrected chi connectivity index (χ0v) is 14.4. The van der Waals surface area contributed by atoms with E-state index >= 15 is 0 Å². The van der Waals surface area contributed by atoms with Crippen LogP contribution in [0.15, 0.2) is 36.5 Å². The summed E-state index contributed by atoms with van der Waals surface area (Å²) in [5.41, 5.74) is 1.05. The highest BCUT2D eigenvalue weighted by molar-refractivity contribution is 6.42. The number of carbonyl (C=O) groups excluding carboxylic acids is 1. The summed E-state index contributed by atoms with van der Waals surface area (Å²) in [4.78, 5) is 18.5. The summed E-state index contributed by atoms with van der Waals surface area (Å²) in [7, 11) is 4.02. The molecule has 2 rings (SSSR count). The van der Waals surface area contributed by atoms with Gasteiger partial charge in [0.1, 0.15) is 5.82 Å². The quantitative estimate of drug-likeness (QED) is 0.833. The van der Waals surface area contributed by atoms with Crippen LogP contribution in [0.4, 0.5) is 11.5 Å². The summed E-state index contributed by atoms with van der Waals surface area (Å²) in [5.74, 6) is 0.498. The van der Waals surface area contributed by atoms with Gasteiger partial charge in [0.2, 0.25) is 0 Å². The minimum absolute atomic E-state index is 0.265. The first kappa shape index (κ1) is 17.5. The fraction of sp³-hybridized carbons (Fsp3) is 0.250. The number of anilines is 2. The summed E-state index contributed by atoms with van der Waals surface area (Å²) in [5, 5.41) is 6.73. The van der Waals surface area contributed by atoms with E-state index in [0.29, 0.717) is 21.3 Å². The molecule has 23 heavy (non-hydrogen) atoms. The van der Waals surface area contributed by atoms with Crippen molar-refractivity contribution in [2.24, 2.45) is 0 Å². The SMILES string of the molecule is CN(C)CCNc1ccc(NC(=O)c2ccc(Cl)c(Cl)c2)cn1. The lowest BCUT2D eigenvalue weighted by molar-refractivity contribution is 0.102. The zero-order valence-electron chi connectivity index (χ0n) is 12.9. The second-order valence-corrected chi connectivity index (χ2v) is 6.06. The fourth-order valence-electron chi connectivity index (χ4n) is 1.82. The van der Waals surface area contributed by atoms with Crippen molar-refractivity contribution in [3.8, 4) is 0 Å². The molecule has 0 aliphatic rings. The van der Waals surface area contributed by atoms with Crippen LogP contribution in [-0.4, -0.2) is 43.0 Å². The second-order valence-electron chi connectivity index (χ2n) is 5.25. The van der Waals surface area contributed by atoms with E-state index in [1.165, 1.54) is 6.07 Å². The molecule has 0 aliphatic carbocycles. The van der Waals surface area contributed by atoms with Crippen LogP contribution in [0.5, 0.6) is 0 Å². The summed E-state index contributed by atoms with van der Waals surface area (Å²) in [6.45, 7) is 1.71. The molecule has 0 saturated carbocycles. The van der Waals surface area contributed by atoms with Crippen LogP contribution >= 0.6 is 23.2 Å². The molecule has 0 aliphatic heterocycles. The van der Waals surface area contributed by atoms with Crippen molar-refractivity contribution in [3.63, 3.8) is 0 Å². The number of hydrogen-bond donors (Lipinski definition) is 2. The van der Waals surface area contributed by atoms with E-state index in [1.54, 1.807) is 24.4 Å². The molecule has 0 spiro atoms. The summed E-state index contributed by atoms with van der Waals surface area (Å²) in [6, 6.07) is 8.35. The van der Waals surface area contributed by atoms with E-state index in [1.807, 2.05) is 20.2 Å². The molecule has 1 aromatic heterocycles. The number of likely N-dealkylation sites (N-methyl/N-ethyl adjacent to an activating group) is 1. The predicted molar refractivity (Wildman–Crippen MR) is 95.7 cm³/mol. The molecule has 0 saturated heterocycles. The summed E-state index contributed by atoms with van der Waals surface area (Å²) in [6.07, 6.45) is 1.60. The molecule has 1 amide bonds. The smallest absolute Gasteiger partial charge is 0.255 e. The van der Waals surface area contributed by atoms with Crippen molar-refractivity contribution in [1.29, 1.82) is 0 Å². The van der Waals surface area contributed by atoms with E-state index in [4.69, 9.17) is 23.2 Å². The predicted octanol–water partition coefficient (Wildman–Crippen LogP) is 3.61. The number of nitrogens with zero attached hydrogens (tertiary/aromatic N) is 2. The third-order valence-corrected chi connectivity index (χ3v) is 3.81. The van der Waals surface area contributed by atoms with Gasteiger partial charge in [-0.25, -0.2) is 4.98 Å². The molecule has 7 heteroatoms. The maximum Gasteiger partial charge on any atom is 0.255 e. The average Bonchev–Trinajstić information content (AvgIpc) is 2.51. The number of pyridine rings is 1. The number of halogens is 2. The monoisotopic (exact) mass is 352 g/mol. The van der Waals surface area contributed by atoms with Crippen LogP contribution in [0.1, 0.15) is 10.4 Å². The number of hydrogen-bond acceptors (Lipinski definition) is 4. The first-order valence-electron chi connectivity index (χ1n) is 7.07. The Morgan fingerprint density at radius 1 is 1.17 bits per heavy atom. The van der Waals surface area contributed by atoms with Gasteiger partial charge >= 0.3 is 0 Å². The highest BCUT2D eigenvalue weighted by Gasteiger charge is 2.08. The molecular formula is C16H18Cl2N4O. The fourth-order valence-corrected chi connectivity index (χ4v) is 2.12. The highest BCUT2D eigenvalue weighted by atomic mass is 35.5. The van der Waals surface area contributed by atoms with Gasteiger partial charge in [0.05, 0.1) is 21.9 Å². The largest absolute Gasteiger partial charge is 0.369 e. The standard InChI is InChI=1S/C16H18Cl2N4O/c1-22(2)8-7-19-15-6-4-12(10-20-15)21-16(23)11-3-5-13(17)14(18)9-11/h3-6,9-10H,7-8H2,1-2H3,(H,19,20)(H,21,23). The Morgan fingerprint density at radius 2 is 1.96 bits per heavy atom. The first-order valence-corrected chi connectivity index (χ1v) is 7.82. The van der Waals surface area contributed by atoms with E-state index in [0.717, 1.165) is 18.9 Å². The van der Waals surface area contributed by atoms with Gasteiger partial charge in [-0.05, 0) is 44.4 Å². The lowest BCUT2D eigenvalue weighted by Crippen LogP contribution is -2.21. The van der Waals surface area contributed by atoms with Crippen LogP contribution in [0.3, 0.4) is 0 Å². The molecular weight excluding hydrogens is 335 g/mol. The summed E-state index contributed by atoms with van der Waals surface area (Å²) >= 11 is 11.8. The van der Waals surface area contributed by atoms with Gasteiger partial charge < -0.3 is 15.5 Å². The molecule has 0 unspecified atom stereocenters. The van der Waals surface area contributed by atoms with E-state index < -0.39 is 0 Å². The van der Waals surface area contributed by atoms with Gasteiger partial charge in [-0.1, -0.05) is 23.2 Å². The van der Waals surface area contributed by atoms with Crippen molar-refractivity contribution in [2.45, 2.75) is 0 Å². The van der Waals surface area contributed by atoms with E-state index in [2.05, 4.69) is 20.5 Å². The van der Waals surface area contributed by atoms with Gasteiger partial charge in [0, 0.05) is 18.7 Å². The number of rotatable bonds is 6. The third-order valence-electron chi connectivity index (χ3n) is 3.07. The van der Waals surface area contributed by atoms with Gasteiger partial charge in [-0.15, -0.1) is 0 Å². The molecule has 2 N–H and O–H groups in total. The van der Waals surface area contributed by atoms with Crippen LogP contribution in [0, 0.1) is 0 Å². The molecule has 2 aromatic rings. The normalized spacial score (nSPS) is 10.7. The number of benzene rings is 1. The number of nitrogens with one attached hydrogen (secondary N) is 2. The van der Waals surface area contributed by atoms with Gasteiger partial charge in [-0.2, -0.15) is 0 Å². The molecule has 1 aromatic carbocycles. The summed E-state index contributed by atoms with van der Waals surface area (Å²) < 4.78 is 0. The molecule has 1 heterocycles. The van der Waals surface area contributed by atoms with Crippen LogP contribution in [0.2, 0.25) is 10.0 Å². The topological polar surface area (TPSA) is 57.3 Å². The van der Waals surface area contributed by atoms with Crippen molar-refractivity contribution < 1.29 is 4.79 Å². The third kappa shape index (κ3) is 5.39. The van der Waals surface area contributed by atoms with Crippen LogP contribution < -0.4 is 10.6 Å². The minimum Gasteiger partial charge on any atom is -0.369 e. The van der Waals surface area contributed by atoms with Crippen molar-refractivity contribution in [1.82, 2.24) is 9.88 Å². The maximum atomic E-state index is 12.1. The Bertz CT molecular complexity index is 674. The second kappa shape index (κ2) is 8.15. The Kier molecular flexibility index (Phi) is 6.21. The number of amides is 1. The van der Waals surface area contributed by atoms with Gasteiger partial charge in [-0.3, -0.25) is 4.79 Å². The molecule has 0 radical (unpaired) electrons. The molecule has 0 bridgehead atoms. The van der Waals surface area contributed by atoms with Crippen LogP contribution in [-0.2, 0) is 0 Å².